The van der Waals surface area contributed by atoms with Crippen molar-refractivity contribution in [3.8, 4) is 11.8 Å². The van der Waals surface area contributed by atoms with Gasteiger partial charge < -0.3 is 14.6 Å². The van der Waals surface area contributed by atoms with Gasteiger partial charge in [-0.05, 0) is 26.8 Å². The van der Waals surface area contributed by atoms with E-state index in [1.165, 1.54) is 0 Å². The molecule has 2 atom stereocenters. The molecule has 0 radical (unpaired) electrons. The molecule has 1 aromatic rings. The van der Waals surface area contributed by atoms with E-state index in [0.29, 0.717) is 11.3 Å². The van der Waals surface area contributed by atoms with Gasteiger partial charge in [0.25, 0.3) is 0 Å². The number of hydrogen-bond acceptors (Lipinski definition) is 6. The topological polar surface area (TPSA) is 91.9 Å². The molecule has 0 spiro atoms. The van der Waals surface area contributed by atoms with Crippen LogP contribution in [0.15, 0.2) is 29.3 Å². The molecule has 0 amide bonds. The fourth-order valence-corrected chi connectivity index (χ4v) is 2.41. The minimum atomic E-state index is -1.91. The second kappa shape index (κ2) is 5.78. The normalized spacial score (nSPS) is 25.9. The first kappa shape index (κ1) is 16.0. The van der Waals surface area contributed by atoms with Gasteiger partial charge in [0.15, 0.2) is 0 Å². The molecule has 0 fully saturated rings. The second-order valence-corrected chi connectivity index (χ2v) is 5.46. The van der Waals surface area contributed by atoms with Gasteiger partial charge in [0, 0.05) is 5.56 Å². The van der Waals surface area contributed by atoms with Gasteiger partial charge in [-0.1, -0.05) is 18.2 Å². The number of carbonyl (C=O) groups is 1. The lowest BCUT2D eigenvalue weighted by molar-refractivity contribution is -0.134. The van der Waals surface area contributed by atoms with Gasteiger partial charge >= 0.3 is 5.97 Å². The second-order valence-electron chi connectivity index (χ2n) is 5.46. The van der Waals surface area contributed by atoms with E-state index in [2.05, 4.69) is 4.99 Å². The van der Waals surface area contributed by atoms with Crippen LogP contribution in [0, 0.1) is 11.3 Å². The Morgan fingerprint density at radius 3 is 2.86 bits per heavy atom. The minimum absolute atomic E-state index is 0.225. The first-order chi connectivity index (χ1) is 10.4. The molecule has 6 heteroatoms. The number of para-hydroxylation sites is 1. The molecule has 22 heavy (non-hydrogen) atoms. The highest BCUT2D eigenvalue weighted by Crippen LogP contribution is 2.47. The third-order valence-corrected chi connectivity index (χ3v) is 3.68. The number of nitriles is 1. The van der Waals surface area contributed by atoms with E-state index in [-0.39, 0.29) is 6.61 Å². The van der Waals surface area contributed by atoms with Crippen LogP contribution in [0.5, 0.6) is 5.75 Å². The van der Waals surface area contributed by atoms with E-state index in [1.807, 2.05) is 6.07 Å². The van der Waals surface area contributed by atoms with E-state index < -0.39 is 23.2 Å². The van der Waals surface area contributed by atoms with Crippen molar-refractivity contribution >= 4 is 12.2 Å². The van der Waals surface area contributed by atoms with Gasteiger partial charge in [0.1, 0.15) is 29.7 Å². The predicted molar refractivity (Wildman–Crippen MR) is 79.6 cm³/mol. The lowest BCUT2D eigenvalue weighted by Crippen LogP contribution is -2.59. The largest absolute Gasteiger partial charge is 0.483 e. The van der Waals surface area contributed by atoms with Crippen molar-refractivity contribution in [1.29, 1.82) is 5.26 Å². The summed E-state index contributed by atoms with van der Waals surface area (Å²) in [5.74, 6) is -0.0944. The molecular weight excluding hydrogens is 284 g/mol. The number of ether oxygens (including phenoxy) is 2. The zero-order valence-corrected chi connectivity index (χ0v) is 12.7. The molecule has 1 heterocycles. The van der Waals surface area contributed by atoms with Gasteiger partial charge in [0.05, 0.1) is 6.61 Å². The van der Waals surface area contributed by atoms with Crippen LogP contribution < -0.4 is 4.74 Å². The molecule has 0 aliphatic carbocycles. The van der Waals surface area contributed by atoms with E-state index in [4.69, 9.17) is 9.47 Å². The number of nitrogens with zero attached hydrogens (tertiary/aromatic N) is 2. The van der Waals surface area contributed by atoms with Crippen molar-refractivity contribution in [3.63, 3.8) is 0 Å². The van der Waals surface area contributed by atoms with Gasteiger partial charge in [-0.25, -0.2) is 4.79 Å². The van der Waals surface area contributed by atoms with Gasteiger partial charge in [-0.15, -0.1) is 0 Å². The quantitative estimate of drug-likeness (QED) is 0.522. The third kappa shape index (κ3) is 2.55. The van der Waals surface area contributed by atoms with Crippen LogP contribution >= 0.6 is 0 Å². The zero-order valence-electron chi connectivity index (χ0n) is 12.7. The smallest absolute Gasteiger partial charge is 0.348 e. The Morgan fingerprint density at radius 1 is 1.55 bits per heavy atom. The molecular formula is C16H18N2O4. The zero-order chi connectivity index (χ0) is 16.4. The van der Waals surface area contributed by atoms with Crippen molar-refractivity contribution in [3.05, 3.63) is 29.8 Å². The van der Waals surface area contributed by atoms with Crippen molar-refractivity contribution in [2.75, 3.05) is 6.61 Å². The summed E-state index contributed by atoms with van der Waals surface area (Å²) in [5.41, 5.74) is -2.55. The number of rotatable bonds is 3. The lowest BCUT2D eigenvalue weighted by Gasteiger charge is -2.45. The summed E-state index contributed by atoms with van der Waals surface area (Å²) in [6.45, 7) is 5.13. The highest BCUT2D eigenvalue weighted by molar-refractivity contribution is 6.23. The maximum Gasteiger partial charge on any atom is 0.348 e. The standard InChI is InChI=1S/C16H18N2O4/c1-4-21-13(19)9-18-14-11-7-5-6-8-12(11)22-15(2,3)16(14,20)10-17/h5-9,14,20H,4H2,1-3H3/t14-,16-/m0/s1. The molecule has 0 bridgehead atoms. The molecule has 6 nitrogen and oxygen atoms in total. The molecule has 1 aliphatic rings. The van der Waals surface area contributed by atoms with E-state index >= 15 is 0 Å². The van der Waals surface area contributed by atoms with Crippen LogP contribution in [0.4, 0.5) is 0 Å². The van der Waals surface area contributed by atoms with E-state index in [1.54, 1.807) is 45.0 Å². The van der Waals surface area contributed by atoms with Gasteiger partial charge in [-0.2, -0.15) is 5.26 Å². The third-order valence-electron chi connectivity index (χ3n) is 3.68. The summed E-state index contributed by atoms with van der Waals surface area (Å²) in [6.07, 6.45) is 0.995. The Bertz CT molecular complexity index is 648. The summed E-state index contributed by atoms with van der Waals surface area (Å²) >= 11 is 0. The van der Waals surface area contributed by atoms with Crippen LogP contribution in [0.25, 0.3) is 0 Å². The SMILES string of the molecule is CCOC(=O)C=N[C@H]1c2ccccc2OC(C)(C)[C@]1(O)C#N. The predicted octanol–water partition coefficient (Wildman–Crippen LogP) is 1.79. The van der Waals surface area contributed by atoms with Crippen LogP contribution in [0.2, 0.25) is 0 Å². The highest BCUT2D eigenvalue weighted by atomic mass is 16.5. The Hall–Kier alpha value is -2.39. The maximum absolute atomic E-state index is 11.5. The highest BCUT2D eigenvalue weighted by Gasteiger charge is 2.56. The Balaban J connectivity index is 2.51. The number of benzene rings is 1. The summed E-state index contributed by atoms with van der Waals surface area (Å²) in [4.78, 5) is 15.6. The molecule has 1 aromatic carbocycles. The van der Waals surface area contributed by atoms with Crippen LogP contribution in [-0.2, 0) is 9.53 Å². The van der Waals surface area contributed by atoms with Gasteiger partial charge in [0.2, 0.25) is 5.60 Å². The lowest BCUT2D eigenvalue weighted by atomic mass is 9.75. The molecule has 1 aliphatic heterocycles. The fourth-order valence-electron chi connectivity index (χ4n) is 2.41. The minimum Gasteiger partial charge on any atom is -0.483 e. The number of fused-ring (bicyclic) bond motifs is 1. The fraction of sp³-hybridized carbons (Fsp3) is 0.438. The van der Waals surface area contributed by atoms with Crippen molar-refractivity contribution in [2.24, 2.45) is 4.99 Å². The van der Waals surface area contributed by atoms with E-state index in [0.717, 1.165) is 6.21 Å². The summed E-state index contributed by atoms with van der Waals surface area (Å²) in [5, 5.41) is 20.3. The summed E-state index contributed by atoms with van der Waals surface area (Å²) < 4.78 is 10.5. The Morgan fingerprint density at radius 2 is 2.23 bits per heavy atom. The molecule has 116 valence electrons. The number of hydrogen-bond donors (Lipinski definition) is 1. The van der Waals surface area contributed by atoms with Crippen LogP contribution in [0.1, 0.15) is 32.4 Å². The first-order valence-corrected chi connectivity index (χ1v) is 6.97. The number of aliphatic hydroxyl groups is 1. The Labute approximate surface area is 129 Å². The monoisotopic (exact) mass is 302 g/mol. The first-order valence-electron chi connectivity index (χ1n) is 6.97. The van der Waals surface area contributed by atoms with Crippen molar-refractivity contribution in [2.45, 2.75) is 38.0 Å². The van der Waals surface area contributed by atoms with E-state index in [9.17, 15) is 15.2 Å². The van der Waals surface area contributed by atoms with Gasteiger partial charge in [-0.3, -0.25) is 4.99 Å². The van der Waals surface area contributed by atoms with Crippen LogP contribution in [-0.4, -0.2) is 35.1 Å². The molecule has 0 saturated carbocycles. The molecule has 0 aromatic heterocycles. The molecule has 2 rings (SSSR count). The maximum atomic E-state index is 11.5. The molecule has 0 unspecified atom stereocenters. The molecule has 0 saturated heterocycles. The average Bonchev–Trinajstić information content (AvgIpc) is 2.47. The number of esters is 1. The van der Waals surface area contributed by atoms with Crippen LogP contribution in [0.3, 0.4) is 0 Å². The summed E-state index contributed by atoms with van der Waals surface area (Å²) in [6, 6.07) is 7.93. The number of carbonyl (C=O) groups excluding carboxylic acids is 1. The molecule has 1 N–H and O–H groups in total. The number of aliphatic imine (C=N–C) groups is 1. The van der Waals surface area contributed by atoms with Crippen molar-refractivity contribution in [1.82, 2.24) is 0 Å². The Kier molecular flexibility index (Phi) is 4.20. The average molecular weight is 302 g/mol. The van der Waals surface area contributed by atoms with Crippen molar-refractivity contribution < 1.29 is 19.4 Å². The summed E-state index contributed by atoms with van der Waals surface area (Å²) in [7, 11) is 0.